The van der Waals surface area contributed by atoms with Crippen LogP contribution in [0, 0.1) is 0 Å². The first-order valence-corrected chi connectivity index (χ1v) is 5.29. The Labute approximate surface area is 93.1 Å². The van der Waals surface area contributed by atoms with Gasteiger partial charge in [-0.25, -0.2) is 4.79 Å². The van der Waals surface area contributed by atoms with Gasteiger partial charge in [0.25, 0.3) is 0 Å². The molecule has 0 aromatic heterocycles. The molecule has 80 valence electrons. The van der Waals surface area contributed by atoms with Gasteiger partial charge in [-0.3, -0.25) is 0 Å². The van der Waals surface area contributed by atoms with Gasteiger partial charge in [-0.1, -0.05) is 17.7 Å². The molecule has 0 amide bonds. The maximum Gasteiger partial charge on any atom is 0.335 e. The van der Waals surface area contributed by atoms with Gasteiger partial charge in [0.2, 0.25) is 0 Å². The van der Waals surface area contributed by atoms with Crippen LogP contribution in [0.2, 0.25) is 5.02 Å². The van der Waals surface area contributed by atoms with E-state index in [9.17, 15) is 4.79 Å². The van der Waals surface area contributed by atoms with Gasteiger partial charge in [0.15, 0.2) is 0 Å². The Morgan fingerprint density at radius 1 is 1.53 bits per heavy atom. The molecular formula is C11H12ClNO2. The molecule has 1 aromatic rings. The molecule has 0 heterocycles. The highest BCUT2D eigenvalue weighted by molar-refractivity contribution is 6.31. The number of carboxylic acids is 1. The van der Waals surface area contributed by atoms with Crippen LogP contribution in [0.4, 0.5) is 0 Å². The highest BCUT2D eigenvalue weighted by Gasteiger charge is 2.20. The highest BCUT2D eigenvalue weighted by atomic mass is 35.5. The number of nitrogens with one attached hydrogen (secondary N) is 1. The molecule has 0 radical (unpaired) electrons. The number of benzene rings is 1. The summed E-state index contributed by atoms with van der Waals surface area (Å²) in [6.45, 7) is 0.712. The Morgan fingerprint density at radius 3 is 2.80 bits per heavy atom. The smallest absolute Gasteiger partial charge is 0.335 e. The average molecular weight is 226 g/mol. The van der Waals surface area contributed by atoms with E-state index in [4.69, 9.17) is 16.7 Å². The predicted molar refractivity (Wildman–Crippen MR) is 58.3 cm³/mol. The number of rotatable bonds is 4. The molecule has 15 heavy (non-hydrogen) atoms. The standard InChI is InChI=1S/C11H12ClNO2/c12-10-5-7(11(14)15)1-2-8(10)6-13-9-3-4-9/h1-2,5,9,13H,3-4,6H2,(H,14,15). The van der Waals surface area contributed by atoms with Gasteiger partial charge in [-0.05, 0) is 30.5 Å². The minimum absolute atomic E-state index is 0.232. The summed E-state index contributed by atoms with van der Waals surface area (Å²) in [5.41, 5.74) is 1.18. The number of aromatic carboxylic acids is 1. The first-order valence-electron chi connectivity index (χ1n) is 4.92. The quantitative estimate of drug-likeness (QED) is 0.827. The molecule has 0 saturated heterocycles. The van der Waals surface area contributed by atoms with Crippen molar-refractivity contribution in [3.05, 3.63) is 34.3 Å². The maximum absolute atomic E-state index is 10.7. The molecule has 0 bridgehead atoms. The molecule has 4 heteroatoms. The fourth-order valence-corrected chi connectivity index (χ4v) is 1.61. The summed E-state index contributed by atoms with van der Waals surface area (Å²) >= 11 is 5.97. The van der Waals surface area contributed by atoms with Gasteiger partial charge < -0.3 is 10.4 Å². The van der Waals surface area contributed by atoms with E-state index in [1.54, 1.807) is 12.1 Å². The van der Waals surface area contributed by atoms with E-state index in [1.165, 1.54) is 18.9 Å². The van der Waals surface area contributed by atoms with Crippen molar-refractivity contribution in [2.75, 3.05) is 0 Å². The summed E-state index contributed by atoms with van der Waals surface area (Å²) in [7, 11) is 0. The van der Waals surface area contributed by atoms with Crippen molar-refractivity contribution in [1.29, 1.82) is 0 Å². The van der Waals surface area contributed by atoms with Crippen LogP contribution in [-0.2, 0) is 6.54 Å². The first-order chi connectivity index (χ1) is 7.16. The zero-order valence-electron chi connectivity index (χ0n) is 8.16. The van der Waals surface area contributed by atoms with E-state index in [-0.39, 0.29) is 5.56 Å². The van der Waals surface area contributed by atoms with Crippen molar-refractivity contribution in [3.63, 3.8) is 0 Å². The van der Waals surface area contributed by atoms with E-state index in [0.717, 1.165) is 5.56 Å². The van der Waals surface area contributed by atoms with Crippen LogP contribution in [0.5, 0.6) is 0 Å². The molecule has 0 atom stereocenters. The predicted octanol–water partition coefficient (Wildman–Crippen LogP) is 2.29. The Bertz CT molecular complexity index is 388. The van der Waals surface area contributed by atoms with Gasteiger partial charge in [0.1, 0.15) is 0 Å². The van der Waals surface area contributed by atoms with Crippen LogP contribution in [0.1, 0.15) is 28.8 Å². The summed E-state index contributed by atoms with van der Waals surface area (Å²) < 4.78 is 0. The lowest BCUT2D eigenvalue weighted by atomic mass is 10.1. The zero-order valence-corrected chi connectivity index (χ0v) is 8.92. The van der Waals surface area contributed by atoms with Crippen LogP contribution in [0.25, 0.3) is 0 Å². The van der Waals surface area contributed by atoms with Crippen molar-refractivity contribution < 1.29 is 9.90 Å². The van der Waals surface area contributed by atoms with Crippen molar-refractivity contribution in [1.82, 2.24) is 5.32 Å². The SMILES string of the molecule is O=C(O)c1ccc(CNC2CC2)c(Cl)c1. The molecule has 1 fully saturated rings. The Kier molecular flexibility index (Phi) is 2.93. The normalized spacial score (nSPS) is 15.3. The van der Waals surface area contributed by atoms with E-state index in [2.05, 4.69) is 5.32 Å². The van der Waals surface area contributed by atoms with Crippen molar-refractivity contribution in [2.24, 2.45) is 0 Å². The minimum atomic E-state index is -0.946. The third-order valence-electron chi connectivity index (χ3n) is 2.46. The number of hydrogen-bond donors (Lipinski definition) is 2. The number of carbonyl (C=O) groups is 1. The minimum Gasteiger partial charge on any atom is -0.478 e. The van der Waals surface area contributed by atoms with E-state index in [1.807, 2.05) is 0 Å². The second-order valence-electron chi connectivity index (χ2n) is 3.77. The highest BCUT2D eigenvalue weighted by Crippen LogP contribution is 2.22. The lowest BCUT2D eigenvalue weighted by molar-refractivity contribution is 0.0697. The monoisotopic (exact) mass is 225 g/mol. The Balaban J connectivity index is 2.07. The number of carboxylic acid groups (broad SMARTS) is 1. The van der Waals surface area contributed by atoms with Crippen LogP contribution in [0.3, 0.4) is 0 Å². The molecule has 1 aliphatic rings. The molecule has 2 rings (SSSR count). The molecule has 0 aliphatic heterocycles. The zero-order chi connectivity index (χ0) is 10.8. The van der Waals surface area contributed by atoms with Crippen molar-refractivity contribution in [2.45, 2.75) is 25.4 Å². The molecule has 3 nitrogen and oxygen atoms in total. The molecule has 0 unspecified atom stereocenters. The van der Waals surface area contributed by atoms with Crippen molar-refractivity contribution in [3.8, 4) is 0 Å². The second-order valence-corrected chi connectivity index (χ2v) is 4.17. The van der Waals surface area contributed by atoms with E-state index >= 15 is 0 Å². The third kappa shape index (κ3) is 2.70. The lowest BCUT2D eigenvalue weighted by Crippen LogP contribution is -2.15. The van der Waals surface area contributed by atoms with E-state index in [0.29, 0.717) is 17.6 Å². The van der Waals surface area contributed by atoms with Crippen LogP contribution >= 0.6 is 11.6 Å². The summed E-state index contributed by atoms with van der Waals surface area (Å²) in [5.74, 6) is -0.946. The van der Waals surface area contributed by atoms with Gasteiger partial charge in [0, 0.05) is 17.6 Å². The molecular weight excluding hydrogens is 214 g/mol. The lowest BCUT2D eigenvalue weighted by Gasteiger charge is -2.06. The number of hydrogen-bond acceptors (Lipinski definition) is 2. The maximum atomic E-state index is 10.7. The Morgan fingerprint density at radius 2 is 2.27 bits per heavy atom. The van der Waals surface area contributed by atoms with Gasteiger partial charge in [-0.15, -0.1) is 0 Å². The molecule has 2 N–H and O–H groups in total. The summed E-state index contributed by atoms with van der Waals surface area (Å²) in [6.07, 6.45) is 2.45. The molecule has 1 saturated carbocycles. The summed E-state index contributed by atoms with van der Waals surface area (Å²) in [5, 5.41) is 12.6. The first kappa shape index (κ1) is 10.5. The van der Waals surface area contributed by atoms with Crippen LogP contribution < -0.4 is 5.32 Å². The van der Waals surface area contributed by atoms with Crippen LogP contribution in [-0.4, -0.2) is 17.1 Å². The third-order valence-corrected chi connectivity index (χ3v) is 2.81. The summed E-state index contributed by atoms with van der Waals surface area (Å²) in [6, 6.07) is 5.47. The Hall–Kier alpha value is -1.06. The van der Waals surface area contributed by atoms with Gasteiger partial charge >= 0.3 is 5.97 Å². The van der Waals surface area contributed by atoms with Crippen LogP contribution in [0.15, 0.2) is 18.2 Å². The number of halogens is 1. The fourth-order valence-electron chi connectivity index (χ4n) is 1.37. The van der Waals surface area contributed by atoms with Gasteiger partial charge in [-0.2, -0.15) is 0 Å². The van der Waals surface area contributed by atoms with E-state index < -0.39 is 5.97 Å². The molecule has 1 aromatic carbocycles. The van der Waals surface area contributed by atoms with Crippen molar-refractivity contribution >= 4 is 17.6 Å². The summed E-state index contributed by atoms with van der Waals surface area (Å²) in [4.78, 5) is 10.7. The molecule has 1 aliphatic carbocycles. The van der Waals surface area contributed by atoms with Gasteiger partial charge in [0.05, 0.1) is 5.56 Å². The average Bonchev–Trinajstić information content (AvgIpc) is 2.99. The largest absolute Gasteiger partial charge is 0.478 e. The fraction of sp³-hybridized carbons (Fsp3) is 0.364. The molecule has 0 spiro atoms. The topological polar surface area (TPSA) is 49.3 Å². The second kappa shape index (κ2) is 4.21.